The molecular formula is C11H13Br2NO. The van der Waals surface area contributed by atoms with Crippen molar-refractivity contribution in [2.45, 2.75) is 18.9 Å². The van der Waals surface area contributed by atoms with E-state index >= 15 is 0 Å². The van der Waals surface area contributed by atoms with E-state index in [4.69, 9.17) is 4.74 Å². The Labute approximate surface area is 107 Å². The third-order valence-electron chi connectivity index (χ3n) is 2.51. The average Bonchev–Trinajstić information content (AvgIpc) is 2.70. The van der Waals surface area contributed by atoms with Crippen LogP contribution in [0, 0.1) is 0 Å². The molecule has 0 aromatic heterocycles. The van der Waals surface area contributed by atoms with Gasteiger partial charge in [0.1, 0.15) is 12.4 Å². The fourth-order valence-electron chi connectivity index (χ4n) is 1.70. The van der Waals surface area contributed by atoms with E-state index in [-0.39, 0.29) is 0 Å². The maximum atomic E-state index is 5.80. The van der Waals surface area contributed by atoms with Crippen LogP contribution in [0.2, 0.25) is 0 Å². The van der Waals surface area contributed by atoms with Crippen molar-refractivity contribution in [1.82, 2.24) is 5.32 Å². The lowest BCUT2D eigenvalue weighted by molar-refractivity contribution is 0.274. The number of para-hydroxylation sites is 1. The van der Waals surface area contributed by atoms with Crippen molar-refractivity contribution in [2.24, 2.45) is 0 Å². The Morgan fingerprint density at radius 1 is 1.33 bits per heavy atom. The largest absolute Gasteiger partial charge is 0.490 e. The predicted octanol–water partition coefficient (Wildman–Crippen LogP) is 3.34. The number of rotatable bonds is 3. The van der Waals surface area contributed by atoms with Crippen LogP contribution in [0.25, 0.3) is 0 Å². The highest BCUT2D eigenvalue weighted by Gasteiger charge is 2.15. The van der Waals surface area contributed by atoms with Crippen LogP contribution in [0.5, 0.6) is 5.75 Å². The Morgan fingerprint density at radius 3 is 2.67 bits per heavy atom. The predicted molar refractivity (Wildman–Crippen MR) is 68.4 cm³/mol. The van der Waals surface area contributed by atoms with Crippen molar-refractivity contribution in [2.75, 3.05) is 13.2 Å². The molecule has 0 saturated carbocycles. The molecule has 0 spiro atoms. The van der Waals surface area contributed by atoms with E-state index in [2.05, 4.69) is 37.2 Å². The van der Waals surface area contributed by atoms with Gasteiger partial charge in [0.15, 0.2) is 0 Å². The van der Waals surface area contributed by atoms with Crippen molar-refractivity contribution in [3.63, 3.8) is 0 Å². The summed E-state index contributed by atoms with van der Waals surface area (Å²) in [6, 6.07) is 6.46. The molecule has 1 N–H and O–H groups in total. The SMILES string of the molecule is Brc1cccc(Br)c1OCC1CCCN1. The van der Waals surface area contributed by atoms with E-state index in [9.17, 15) is 0 Å². The van der Waals surface area contributed by atoms with Crippen LogP contribution < -0.4 is 10.1 Å². The van der Waals surface area contributed by atoms with Gasteiger partial charge in [0.25, 0.3) is 0 Å². The van der Waals surface area contributed by atoms with E-state index in [0.29, 0.717) is 6.04 Å². The van der Waals surface area contributed by atoms with E-state index < -0.39 is 0 Å². The van der Waals surface area contributed by atoms with Gasteiger partial charge in [0.2, 0.25) is 0 Å². The molecule has 1 aromatic carbocycles. The second kappa shape index (κ2) is 5.32. The van der Waals surface area contributed by atoms with Gasteiger partial charge < -0.3 is 10.1 Å². The van der Waals surface area contributed by atoms with E-state index in [1.807, 2.05) is 18.2 Å². The van der Waals surface area contributed by atoms with Crippen LogP contribution in [0.15, 0.2) is 27.1 Å². The molecule has 1 heterocycles. The first-order chi connectivity index (χ1) is 7.27. The molecule has 1 aliphatic rings. The van der Waals surface area contributed by atoms with Crippen molar-refractivity contribution >= 4 is 31.9 Å². The molecule has 15 heavy (non-hydrogen) atoms. The minimum atomic E-state index is 0.504. The van der Waals surface area contributed by atoms with Crippen LogP contribution in [-0.2, 0) is 0 Å². The fourth-order valence-corrected chi connectivity index (χ4v) is 2.93. The lowest BCUT2D eigenvalue weighted by Gasteiger charge is -2.14. The first kappa shape index (κ1) is 11.4. The minimum absolute atomic E-state index is 0.504. The lowest BCUT2D eigenvalue weighted by Crippen LogP contribution is -2.28. The summed E-state index contributed by atoms with van der Waals surface area (Å²) in [6.07, 6.45) is 2.47. The Morgan fingerprint density at radius 2 is 2.07 bits per heavy atom. The topological polar surface area (TPSA) is 21.3 Å². The summed E-state index contributed by atoms with van der Waals surface area (Å²) in [5, 5.41) is 3.41. The highest BCUT2D eigenvalue weighted by molar-refractivity contribution is 9.11. The van der Waals surface area contributed by atoms with Gasteiger partial charge in [-0.1, -0.05) is 6.07 Å². The second-order valence-electron chi connectivity index (χ2n) is 3.66. The summed E-state index contributed by atoms with van der Waals surface area (Å²) >= 11 is 6.96. The molecule has 2 nitrogen and oxygen atoms in total. The van der Waals surface area contributed by atoms with Crippen LogP contribution in [0.1, 0.15) is 12.8 Å². The average molecular weight is 335 g/mol. The summed E-state index contributed by atoms with van der Waals surface area (Å²) in [6.45, 7) is 1.85. The third kappa shape index (κ3) is 2.95. The Bertz CT molecular complexity index is 317. The molecule has 1 atom stereocenters. The number of benzene rings is 1. The lowest BCUT2D eigenvalue weighted by atomic mass is 10.2. The van der Waals surface area contributed by atoms with Crippen molar-refractivity contribution in [3.05, 3.63) is 27.1 Å². The van der Waals surface area contributed by atoms with Gasteiger partial charge in [0, 0.05) is 6.04 Å². The van der Waals surface area contributed by atoms with Gasteiger partial charge in [0.05, 0.1) is 8.95 Å². The van der Waals surface area contributed by atoms with Crippen molar-refractivity contribution in [1.29, 1.82) is 0 Å². The zero-order valence-electron chi connectivity index (χ0n) is 8.30. The fraction of sp³-hybridized carbons (Fsp3) is 0.455. The van der Waals surface area contributed by atoms with Crippen LogP contribution in [0.3, 0.4) is 0 Å². The standard InChI is InChI=1S/C11H13Br2NO/c12-9-4-1-5-10(13)11(9)15-7-8-3-2-6-14-8/h1,4-5,8,14H,2-3,6-7H2. The second-order valence-corrected chi connectivity index (χ2v) is 5.36. The monoisotopic (exact) mass is 333 g/mol. The molecule has 1 fully saturated rings. The Balaban J connectivity index is 1.97. The van der Waals surface area contributed by atoms with Crippen molar-refractivity contribution < 1.29 is 4.74 Å². The molecule has 0 amide bonds. The molecule has 1 aliphatic heterocycles. The van der Waals surface area contributed by atoms with E-state index in [0.717, 1.165) is 27.8 Å². The van der Waals surface area contributed by atoms with Gasteiger partial charge in [-0.25, -0.2) is 0 Å². The summed E-state index contributed by atoms with van der Waals surface area (Å²) in [7, 11) is 0. The maximum absolute atomic E-state index is 5.80. The summed E-state index contributed by atoms with van der Waals surface area (Å²) in [4.78, 5) is 0. The molecule has 0 radical (unpaired) electrons. The number of nitrogens with one attached hydrogen (secondary N) is 1. The highest BCUT2D eigenvalue weighted by atomic mass is 79.9. The quantitative estimate of drug-likeness (QED) is 0.915. The van der Waals surface area contributed by atoms with Gasteiger partial charge in [-0.15, -0.1) is 0 Å². The zero-order valence-corrected chi connectivity index (χ0v) is 11.5. The summed E-state index contributed by atoms with van der Waals surface area (Å²) in [5.41, 5.74) is 0. The van der Waals surface area contributed by atoms with Crippen LogP contribution in [0.4, 0.5) is 0 Å². The molecule has 0 bridgehead atoms. The van der Waals surface area contributed by atoms with Gasteiger partial charge >= 0.3 is 0 Å². The molecule has 1 aromatic rings. The summed E-state index contributed by atoms with van der Waals surface area (Å²) < 4.78 is 7.79. The van der Waals surface area contributed by atoms with E-state index in [1.165, 1.54) is 12.8 Å². The van der Waals surface area contributed by atoms with Gasteiger partial charge in [-0.05, 0) is 63.4 Å². The van der Waals surface area contributed by atoms with Gasteiger partial charge in [-0.2, -0.15) is 0 Å². The Kier molecular flexibility index (Phi) is 4.05. The zero-order chi connectivity index (χ0) is 10.7. The Hall–Kier alpha value is -0.0600. The molecule has 1 unspecified atom stereocenters. The minimum Gasteiger partial charge on any atom is -0.490 e. The smallest absolute Gasteiger partial charge is 0.147 e. The van der Waals surface area contributed by atoms with Crippen LogP contribution in [-0.4, -0.2) is 19.2 Å². The van der Waals surface area contributed by atoms with Crippen molar-refractivity contribution in [3.8, 4) is 5.75 Å². The highest BCUT2D eigenvalue weighted by Crippen LogP contribution is 2.33. The number of ether oxygens (including phenoxy) is 1. The molecule has 2 rings (SSSR count). The summed E-state index contributed by atoms with van der Waals surface area (Å²) in [5.74, 6) is 0.895. The molecule has 82 valence electrons. The molecule has 1 saturated heterocycles. The van der Waals surface area contributed by atoms with Gasteiger partial charge in [-0.3, -0.25) is 0 Å². The number of hydrogen-bond acceptors (Lipinski definition) is 2. The molecular weight excluding hydrogens is 322 g/mol. The number of hydrogen-bond donors (Lipinski definition) is 1. The number of halogens is 2. The van der Waals surface area contributed by atoms with E-state index in [1.54, 1.807) is 0 Å². The first-order valence-corrected chi connectivity index (χ1v) is 6.66. The first-order valence-electron chi connectivity index (χ1n) is 5.07. The molecule has 0 aliphatic carbocycles. The van der Waals surface area contributed by atoms with Crippen LogP contribution >= 0.6 is 31.9 Å². The normalized spacial score (nSPS) is 20.5. The third-order valence-corrected chi connectivity index (χ3v) is 3.76. The maximum Gasteiger partial charge on any atom is 0.147 e. The molecule has 4 heteroatoms.